The van der Waals surface area contributed by atoms with Gasteiger partial charge in [0.25, 0.3) is 0 Å². The van der Waals surface area contributed by atoms with E-state index in [-0.39, 0.29) is 11.3 Å². The number of nitrogens with one attached hydrogen (secondary N) is 1. The fraction of sp³-hybridized carbons (Fsp3) is 0.550. The van der Waals surface area contributed by atoms with Gasteiger partial charge in [0.15, 0.2) is 0 Å². The van der Waals surface area contributed by atoms with E-state index in [2.05, 4.69) is 20.4 Å². The summed E-state index contributed by atoms with van der Waals surface area (Å²) >= 11 is 7.60. The molecule has 0 radical (unpaired) electrons. The lowest BCUT2D eigenvalue weighted by molar-refractivity contribution is -0.128. The van der Waals surface area contributed by atoms with Crippen LogP contribution < -0.4 is 10.2 Å². The largest absolute Gasteiger partial charge is 0.355 e. The quantitative estimate of drug-likeness (QED) is 0.809. The van der Waals surface area contributed by atoms with E-state index in [9.17, 15) is 4.79 Å². The molecule has 1 unspecified atom stereocenters. The van der Waals surface area contributed by atoms with Crippen molar-refractivity contribution in [2.75, 3.05) is 24.5 Å². The minimum Gasteiger partial charge on any atom is -0.355 e. The van der Waals surface area contributed by atoms with Gasteiger partial charge in [-0.25, -0.2) is 0 Å². The van der Waals surface area contributed by atoms with Crippen LogP contribution in [0, 0.1) is 11.3 Å². The lowest BCUT2D eigenvalue weighted by atomic mass is 9.94. The topological polar surface area (TPSA) is 58.1 Å². The first-order chi connectivity index (χ1) is 12.8. The number of carbonyl (C=O) groups is 1. The third kappa shape index (κ3) is 5.66. The molecule has 1 fully saturated rings. The first-order valence-electron chi connectivity index (χ1n) is 9.41. The molecule has 27 heavy (non-hydrogen) atoms. The Morgan fingerprint density at radius 3 is 2.74 bits per heavy atom. The minimum atomic E-state index is -0.343. The maximum atomic E-state index is 12.1. The van der Waals surface area contributed by atoms with E-state index >= 15 is 0 Å². The summed E-state index contributed by atoms with van der Waals surface area (Å²) in [7, 11) is 0. The Bertz CT molecular complexity index is 769. The number of piperidine rings is 1. The Kier molecular flexibility index (Phi) is 6.37. The van der Waals surface area contributed by atoms with Crippen molar-refractivity contribution in [2.45, 2.75) is 40.0 Å². The predicted octanol–water partition coefficient (Wildman–Crippen LogP) is 4.16. The number of hydrogen-bond donors (Lipinski definition) is 1. The van der Waals surface area contributed by atoms with E-state index < -0.39 is 0 Å². The highest BCUT2D eigenvalue weighted by atomic mass is 35.5. The summed E-state index contributed by atoms with van der Waals surface area (Å²) in [5, 5.41) is 14.6. The Labute approximate surface area is 170 Å². The molecule has 0 bridgehead atoms. The highest BCUT2D eigenvalue weighted by Gasteiger charge is 2.25. The standard InChI is InChI=1S/C20H27ClN4OS/c1-20(2,3)18(26)22-12-15-5-4-10-25(13-15)19-24-23-17(27-19)11-14-6-8-16(21)9-7-14/h6-9,15H,4-5,10-13H2,1-3H3,(H,22,26). The normalized spacial score (nSPS) is 17.8. The Hall–Kier alpha value is -1.66. The van der Waals surface area contributed by atoms with Gasteiger partial charge in [-0.2, -0.15) is 0 Å². The number of carbonyl (C=O) groups excluding carboxylic acids is 1. The summed E-state index contributed by atoms with van der Waals surface area (Å²) in [6.07, 6.45) is 3.02. The van der Waals surface area contributed by atoms with Gasteiger partial charge in [-0.05, 0) is 36.5 Å². The number of amides is 1. The van der Waals surface area contributed by atoms with Crippen LogP contribution >= 0.6 is 22.9 Å². The van der Waals surface area contributed by atoms with E-state index in [0.717, 1.165) is 54.1 Å². The van der Waals surface area contributed by atoms with Crippen LogP contribution in [0.15, 0.2) is 24.3 Å². The summed E-state index contributed by atoms with van der Waals surface area (Å²) in [5.74, 6) is 0.564. The molecule has 7 heteroatoms. The molecule has 0 aliphatic carbocycles. The Morgan fingerprint density at radius 1 is 1.30 bits per heavy atom. The Morgan fingerprint density at radius 2 is 2.04 bits per heavy atom. The van der Waals surface area contributed by atoms with Crippen molar-refractivity contribution in [1.82, 2.24) is 15.5 Å². The van der Waals surface area contributed by atoms with Crippen LogP contribution in [0.3, 0.4) is 0 Å². The van der Waals surface area contributed by atoms with E-state index in [1.165, 1.54) is 5.56 Å². The first-order valence-corrected chi connectivity index (χ1v) is 10.6. The fourth-order valence-corrected chi connectivity index (χ4v) is 4.16. The van der Waals surface area contributed by atoms with Crippen molar-refractivity contribution in [3.63, 3.8) is 0 Å². The second-order valence-electron chi connectivity index (χ2n) is 8.20. The van der Waals surface area contributed by atoms with Gasteiger partial charge in [0, 0.05) is 36.5 Å². The molecular formula is C20H27ClN4OS. The lowest BCUT2D eigenvalue weighted by Crippen LogP contribution is -2.43. The molecule has 1 N–H and O–H groups in total. The molecule has 1 aromatic carbocycles. The molecule has 1 aliphatic heterocycles. The predicted molar refractivity (Wildman–Crippen MR) is 112 cm³/mol. The maximum absolute atomic E-state index is 12.1. The van der Waals surface area contributed by atoms with Gasteiger partial charge in [-0.1, -0.05) is 55.8 Å². The van der Waals surface area contributed by atoms with Crippen LogP contribution in [0.4, 0.5) is 5.13 Å². The van der Waals surface area contributed by atoms with Crippen molar-refractivity contribution in [2.24, 2.45) is 11.3 Å². The average molecular weight is 407 g/mol. The number of anilines is 1. The molecular weight excluding hydrogens is 380 g/mol. The van der Waals surface area contributed by atoms with E-state index in [4.69, 9.17) is 11.6 Å². The molecule has 5 nitrogen and oxygen atoms in total. The molecule has 0 spiro atoms. The second-order valence-corrected chi connectivity index (χ2v) is 9.67. The second kappa shape index (κ2) is 8.57. The van der Waals surface area contributed by atoms with Crippen LogP contribution in [0.2, 0.25) is 5.02 Å². The third-order valence-electron chi connectivity index (χ3n) is 4.75. The summed E-state index contributed by atoms with van der Waals surface area (Å²) < 4.78 is 0. The lowest BCUT2D eigenvalue weighted by Gasteiger charge is -2.32. The van der Waals surface area contributed by atoms with Crippen molar-refractivity contribution in [3.8, 4) is 0 Å². The van der Waals surface area contributed by atoms with Crippen molar-refractivity contribution >= 4 is 34.0 Å². The monoisotopic (exact) mass is 406 g/mol. The summed E-state index contributed by atoms with van der Waals surface area (Å²) in [4.78, 5) is 14.4. The van der Waals surface area contributed by atoms with E-state index in [1.807, 2.05) is 45.0 Å². The van der Waals surface area contributed by atoms with E-state index in [0.29, 0.717) is 5.92 Å². The third-order valence-corrected chi connectivity index (χ3v) is 5.98. The molecule has 1 atom stereocenters. The molecule has 3 rings (SSSR count). The summed E-state index contributed by atoms with van der Waals surface area (Å²) in [5.41, 5.74) is 0.841. The maximum Gasteiger partial charge on any atom is 0.225 e. The summed E-state index contributed by atoms with van der Waals surface area (Å²) in [6.45, 7) is 8.47. The first kappa shape index (κ1) is 20.1. The average Bonchev–Trinajstić information content (AvgIpc) is 3.09. The fourth-order valence-electron chi connectivity index (χ4n) is 3.13. The Balaban J connectivity index is 1.56. The van der Waals surface area contributed by atoms with Crippen LogP contribution in [0.5, 0.6) is 0 Å². The van der Waals surface area contributed by atoms with Crippen LogP contribution in [0.1, 0.15) is 44.2 Å². The van der Waals surface area contributed by atoms with Crippen molar-refractivity contribution in [1.29, 1.82) is 0 Å². The number of hydrogen-bond acceptors (Lipinski definition) is 5. The van der Waals surface area contributed by atoms with Crippen molar-refractivity contribution < 1.29 is 4.79 Å². The SMILES string of the molecule is CC(C)(C)C(=O)NCC1CCCN(c2nnc(Cc3ccc(Cl)cc3)s2)C1. The highest BCUT2D eigenvalue weighted by Crippen LogP contribution is 2.27. The van der Waals surface area contributed by atoms with Gasteiger partial charge in [0.05, 0.1) is 0 Å². The molecule has 2 aromatic rings. The number of aromatic nitrogens is 2. The van der Waals surface area contributed by atoms with Crippen molar-refractivity contribution in [3.05, 3.63) is 39.9 Å². The van der Waals surface area contributed by atoms with Gasteiger partial charge in [0.2, 0.25) is 11.0 Å². The van der Waals surface area contributed by atoms with Crippen LogP contribution in [-0.4, -0.2) is 35.7 Å². The number of halogens is 1. The van der Waals surface area contributed by atoms with E-state index in [1.54, 1.807) is 11.3 Å². The molecule has 1 aliphatic rings. The molecule has 1 saturated heterocycles. The number of nitrogens with zero attached hydrogens (tertiary/aromatic N) is 3. The van der Waals surface area contributed by atoms with Gasteiger partial charge in [-0.3, -0.25) is 4.79 Å². The minimum absolute atomic E-state index is 0.112. The van der Waals surface area contributed by atoms with Gasteiger partial charge < -0.3 is 10.2 Å². The molecule has 1 amide bonds. The molecule has 0 saturated carbocycles. The smallest absolute Gasteiger partial charge is 0.225 e. The van der Waals surface area contributed by atoms with Gasteiger partial charge in [-0.15, -0.1) is 10.2 Å². The number of benzene rings is 1. The zero-order chi connectivity index (χ0) is 19.4. The van der Waals surface area contributed by atoms with Crippen LogP contribution in [0.25, 0.3) is 0 Å². The molecule has 2 heterocycles. The zero-order valence-corrected chi connectivity index (χ0v) is 17.7. The summed E-state index contributed by atoms with van der Waals surface area (Å²) in [6, 6.07) is 7.86. The highest BCUT2D eigenvalue weighted by molar-refractivity contribution is 7.15. The van der Waals surface area contributed by atoms with Crippen LogP contribution in [-0.2, 0) is 11.2 Å². The number of rotatable bonds is 5. The van der Waals surface area contributed by atoms with Gasteiger partial charge >= 0.3 is 0 Å². The zero-order valence-electron chi connectivity index (χ0n) is 16.2. The molecule has 1 aromatic heterocycles. The molecule has 146 valence electrons. The van der Waals surface area contributed by atoms with Gasteiger partial charge in [0.1, 0.15) is 5.01 Å².